The number of nitrogens with two attached hydrogens (primary N) is 1. The average molecular weight is 423 g/mol. The second kappa shape index (κ2) is 7.77. The van der Waals surface area contributed by atoms with Crippen LogP contribution in [-0.2, 0) is 0 Å². The summed E-state index contributed by atoms with van der Waals surface area (Å²) in [4.78, 5) is 12.5. The van der Waals surface area contributed by atoms with Gasteiger partial charge in [-0.3, -0.25) is 4.90 Å². The van der Waals surface area contributed by atoms with Gasteiger partial charge in [0.05, 0.1) is 35.1 Å². The number of likely N-dealkylation sites (tertiary alicyclic amines) is 1. The Morgan fingerprint density at radius 1 is 1.27 bits per heavy atom. The van der Waals surface area contributed by atoms with Crippen LogP contribution in [0.4, 0.5) is 0 Å². The lowest BCUT2D eigenvalue weighted by atomic mass is 10.1. The topological polar surface area (TPSA) is 102 Å². The van der Waals surface area contributed by atoms with Crippen molar-refractivity contribution in [1.82, 2.24) is 24.5 Å². The average Bonchev–Trinajstić information content (AvgIpc) is 3.53. The highest BCUT2D eigenvalue weighted by atomic mass is 32.1. The molecular weight excluding hydrogens is 400 g/mol. The van der Waals surface area contributed by atoms with E-state index in [1.807, 2.05) is 40.7 Å². The third-order valence-corrected chi connectivity index (χ3v) is 6.24. The molecule has 0 aromatic carbocycles. The molecule has 1 aliphatic rings. The molecule has 0 radical (unpaired) electrons. The van der Waals surface area contributed by atoms with Gasteiger partial charge in [0.25, 0.3) is 0 Å². The van der Waals surface area contributed by atoms with Gasteiger partial charge in [-0.1, -0.05) is 6.07 Å². The van der Waals surface area contributed by atoms with E-state index in [1.54, 1.807) is 35.2 Å². The number of aromatic nitrogens is 4. The largest absolute Gasteiger partial charge is 0.481 e. The molecule has 0 amide bonds. The van der Waals surface area contributed by atoms with Gasteiger partial charge in [-0.15, -0.1) is 11.3 Å². The quantitative estimate of drug-likeness (QED) is 0.510. The third kappa shape index (κ3) is 3.46. The van der Waals surface area contributed by atoms with E-state index in [0.717, 1.165) is 29.1 Å². The first-order valence-electron chi connectivity index (χ1n) is 9.74. The highest BCUT2D eigenvalue weighted by Crippen LogP contribution is 2.31. The van der Waals surface area contributed by atoms with Gasteiger partial charge in [0.2, 0.25) is 5.88 Å². The first-order valence-corrected chi connectivity index (χ1v) is 10.6. The van der Waals surface area contributed by atoms with Crippen molar-refractivity contribution < 1.29 is 9.84 Å². The van der Waals surface area contributed by atoms with E-state index in [1.165, 1.54) is 0 Å². The molecule has 0 aliphatic carbocycles. The van der Waals surface area contributed by atoms with Crippen LogP contribution in [0.5, 0.6) is 5.88 Å². The summed E-state index contributed by atoms with van der Waals surface area (Å²) in [5.74, 6) is 0.429. The van der Waals surface area contributed by atoms with Crippen LogP contribution in [0, 0.1) is 0 Å². The minimum Gasteiger partial charge on any atom is -0.481 e. The van der Waals surface area contributed by atoms with E-state index in [2.05, 4.69) is 10.1 Å². The van der Waals surface area contributed by atoms with Crippen molar-refractivity contribution in [3.05, 3.63) is 53.7 Å². The molecule has 9 heteroatoms. The molecular formula is C21H22N6O2S. The van der Waals surface area contributed by atoms with Crippen LogP contribution in [0.15, 0.2) is 48.1 Å². The molecule has 1 saturated heterocycles. The Morgan fingerprint density at radius 2 is 2.17 bits per heavy atom. The summed E-state index contributed by atoms with van der Waals surface area (Å²) in [6.07, 6.45) is 3.73. The van der Waals surface area contributed by atoms with E-state index in [0.29, 0.717) is 29.3 Å². The zero-order valence-electron chi connectivity index (χ0n) is 16.5. The second-order valence-corrected chi connectivity index (χ2v) is 8.31. The van der Waals surface area contributed by atoms with Crippen LogP contribution in [0.3, 0.4) is 0 Å². The number of aliphatic hydroxyl groups excluding tert-OH is 1. The van der Waals surface area contributed by atoms with Crippen molar-refractivity contribution in [2.45, 2.75) is 18.7 Å². The molecule has 154 valence electrons. The smallest absolute Gasteiger partial charge is 0.213 e. The van der Waals surface area contributed by atoms with Gasteiger partial charge in [0.1, 0.15) is 6.23 Å². The summed E-state index contributed by atoms with van der Waals surface area (Å²) in [6, 6.07) is 9.70. The standard InChI is InChI=1S/C21H22N6O2S/c1-29-19-10-13(21(28)26-6-4-14(22)12-26)9-17(24-19)15-11-23-27-7-5-16(25-20(15)27)18-3-2-8-30-18/h2-3,5,7-11,14,21,28H,4,6,12,22H2,1H3/t14-,21?/m0/s1. The number of rotatable bonds is 5. The Labute approximate surface area is 177 Å². The Balaban J connectivity index is 1.58. The summed E-state index contributed by atoms with van der Waals surface area (Å²) >= 11 is 1.64. The van der Waals surface area contributed by atoms with Crippen molar-refractivity contribution in [3.8, 4) is 27.7 Å². The van der Waals surface area contributed by atoms with Gasteiger partial charge in [-0.2, -0.15) is 5.10 Å². The number of thiophene rings is 1. The van der Waals surface area contributed by atoms with Gasteiger partial charge in [-0.05, 0) is 30.0 Å². The second-order valence-electron chi connectivity index (χ2n) is 7.36. The SMILES string of the molecule is COc1cc(C(O)N2CC[C@H](N)C2)cc(-c2cnn3ccc(-c4cccs4)nc23)n1. The lowest BCUT2D eigenvalue weighted by Crippen LogP contribution is -2.30. The molecule has 5 rings (SSSR count). The number of aliphatic hydroxyl groups is 1. The van der Waals surface area contributed by atoms with Crippen molar-refractivity contribution in [1.29, 1.82) is 0 Å². The first-order chi connectivity index (χ1) is 14.6. The third-order valence-electron chi connectivity index (χ3n) is 5.35. The number of hydrogen-bond donors (Lipinski definition) is 2. The maximum atomic E-state index is 10.9. The fourth-order valence-corrected chi connectivity index (χ4v) is 4.47. The van der Waals surface area contributed by atoms with Crippen molar-refractivity contribution in [2.24, 2.45) is 5.73 Å². The molecule has 8 nitrogen and oxygen atoms in total. The number of fused-ring (bicyclic) bond motifs is 1. The lowest BCUT2D eigenvalue weighted by Gasteiger charge is -2.23. The molecule has 3 N–H and O–H groups in total. The number of nitrogens with zero attached hydrogens (tertiary/aromatic N) is 5. The highest BCUT2D eigenvalue weighted by Gasteiger charge is 2.27. The molecule has 0 spiro atoms. The van der Waals surface area contributed by atoms with Gasteiger partial charge < -0.3 is 15.6 Å². The summed E-state index contributed by atoms with van der Waals surface area (Å²) < 4.78 is 7.14. The minimum atomic E-state index is -0.773. The van der Waals surface area contributed by atoms with Crippen LogP contribution in [0.1, 0.15) is 18.2 Å². The molecule has 1 aliphatic heterocycles. The van der Waals surface area contributed by atoms with E-state index in [4.69, 9.17) is 15.5 Å². The number of methoxy groups -OCH3 is 1. The minimum absolute atomic E-state index is 0.0855. The summed E-state index contributed by atoms with van der Waals surface area (Å²) in [6.45, 7) is 1.41. The molecule has 30 heavy (non-hydrogen) atoms. The summed E-state index contributed by atoms with van der Waals surface area (Å²) in [7, 11) is 1.57. The fourth-order valence-electron chi connectivity index (χ4n) is 3.78. The molecule has 0 bridgehead atoms. The van der Waals surface area contributed by atoms with E-state index >= 15 is 0 Å². The summed E-state index contributed by atoms with van der Waals surface area (Å²) in [5, 5.41) is 17.4. The Hall–Kier alpha value is -2.85. The summed E-state index contributed by atoms with van der Waals surface area (Å²) in [5.41, 5.74) is 9.73. The van der Waals surface area contributed by atoms with Gasteiger partial charge >= 0.3 is 0 Å². The number of ether oxygens (including phenoxy) is 1. The van der Waals surface area contributed by atoms with Crippen LogP contribution >= 0.6 is 11.3 Å². The maximum Gasteiger partial charge on any atom is 0.213 e. The van der Waals surface area contributed by atoms with Crippen molar-refractivity contribution >= 4 is 17.0 Å². The predicted octanol–water partition coefficient (Wildman–Crippen LogP) is 2.55. The zero-order valence-corrected chi connectivity index (χ0v) is 17.3. The lowest BCUT2D eigenvalue weighted by molar-refractivity contribution is 0.0180. The molecule has 0 saturated carbocycles. The molecule has 5 heterocycles. The highest BCUT2D eigenvalue weighted by molar-refractivity contribution is 7.13. The number of pyridine rings is 1. The molecule has 4 aromatic rings. The van der Waals surface area contributed by atoms with Crippen molar-refractivity contribution in [3.63, 3.8) is 0 Å². The fraction of sp³-hybridized carbons (Fsp3) is 0.286. The van der Waals surface area contributed by atoms with Crippen LogP contribution in [-0.4, -0.2) is 55.8 Å². The Kier molecular flexibility index (Phi) is 4.95. The van der Waals surface area contributed by atoms with E-state index in [9.17, 15) is 5.11 Å². The maximum absolute atomic E-state index is 10.9. The number of hydrogen-bond acceptors (Lipinski definition) is 8. The molecule has 1 unspecified atom stereocenters. The normalized spacial score (nSPS) is 18.2. The monoisotopic (exact) mass is 422 g/mol. The Bertz CT molecular complexity index is 1180. The van der Waals surface area contributed by atoms with E-state index in [-0.39, 0.29) is 6.04 Å². The van der Waals surface area contributed by atoms with Crippen LogP contribution in [0.25, 0.3) is 27.5 Å². The van der Waals surface area contributed by atoms with Crippen LogP contribution < -0.4 is 10.5 Å². The molecule has 2 atom stereocenters. The molecule has 4 aromatic heterocycles. The van der Waals surface area contributed by atoms with Crippen molar-refractivity contribution in [2.75, 3.05) is 20.2 Å². The predicted molar refractivity (Wildman–Crippen MR) is 115 cm³/mol. The zero-order chi connectivity index (χ0) is 20.7. The van der Waals surface area contributed by atoms with Crippen LogP contribution in [0.2, 0.25) is 0 Å². The van der Waals surface area contributed by atoms with E-state index < -0.39 is 6.23 Å². The molecule has 1 fully saturated rings. The van der Waals surface area contributed by atoms with Gasteiger partial charge in [0, 0.05) is 37.0 Å². The first kappa shape index (κ1) is 19.1. The van der Waals surface area contributed by atoms with Gasteiger partial charge in [-0.25, -0.2) is 14.5 Å². The van der Waals surface area contributed by atoms with Gasteiger partial charge in [0.15, 0.2) is 5.65 Å². The Morgan fingerprint density at radius 3 is 2.90 bits per heavy atom.